The summed E-state index contributed by atoms with van der Waals surface area (Å²) in [6, 6.07) is 0.758. The third-order valence-corrected chi connectivity index (χ3v) is 3.02. The molecule has 0 aliphatic heterocycles. The number of nitrogens with zero attached hydrogens (tertiary/aromatic N) is 1. The zero-order valence-electron chi connectivity index (χ0n) is 9.49. The van der Waals surface area contributed by atoms with Crippen LogP contribution in [0.25, 0.3) is 0 Å². The smallest absolute Gasteiger partial charge is 0.0558 e. The van der Waals surface area contributed by atoms with Gasteiger partial charge in [0.05, 0.1) is 13.2 Å². The van der Waals surface area contributed by atoms with Crippen molar-refractivity contribution in [2.45, 2.75) is 31.7 Å². The monoisotopic (exact) mass is 216 g/mol. The van der Waals surface area contributed by atoms with E-state index in [1.54, 1.807) is 0 Å². The molecule has 0 unspecified atom stereocenters. The van der Waals surface area contributed by atoms with Crippen LogP contribution in [0.1, 0.15) is 25.7 Å². The summed E-state index contributed by atoms with van der Waals surface area (Å²) in [4.78, 5) is 2.10. The summed E-state index contributed by atoms with van der Waals surface area (Å²) in [7, 11) is 0. The average molecular weight is 216 g/mol. The minimum absolute atomic E-state index is 0.177. The Kier molecular flexibility index (Phi) is 6.92. The third kappa shape index (κ3) is 5.47. The quantitative estimate of drug-likeness (QED) is 0.467. The number of aliphatic hydroxyl groups is 2. The Morgan fingerprint density at radius 1 is 1.07 bits per heavy atom. The topological polar surface area (TPSA) is 55.7 Å². The van der Waals surface area contributed by atoms with Gasteiger partial charge in [-0.1, -0.05) is 6.42 Å². The Bertz CT molecular complexity index is 146. The van der Waals surface area contributed by atoms with Crippen LogP contribution >= 0.6 is 0 Å². The van der Waals surface area contributed by atoms with E-state index < -0.39 is 0 Å². The molecule has 1 saturated carbocycles. The van der Waals surface area contributed by atoms with Crippen LogP contribution in [0.15, 0.2) is 0 Å². The van der Waals surface area contributed by atoms with Crippen LogP contribution in [0.5, 0.6) is 0 Å². The standard InChI is InChI=1S/C11H24N2O2/c14-9-7-13(8-10-15)6-2-5-12-11-3-1-4-11/h11-12,14-15H,1-10H2. The maximum atomic E-state index is 8.82. The van der Waals surface area contributed by atoms with Gasteiger partial charge in [-0.05, 0) is 32.4 Å². The Morgan fingerprint density at radius 2 is 1.73 bits per heavy atom. The predicted octanol–water partition coefficient (Wildman–Crippen LogP) is -0.195. The van der Waals surface area contributed by atoms with Crippen molar-refractivity contribution >= 4 is 0 Å². The highest BCUT2D eigenvalue weighted by molar-refractivity contribution is 4.76. The minimum Gasteiger partial charge on any atom is -0.395 e. The second-order valence-electron chi connectivity index (χ2n) is 4.22. The van der Waals surface area contributed by atoms with Crippen LogP contribution in [0.2, 0.25) is 0 Å². The number of aliphatic hydroxyl groups excluding tert-OH is 2. The van der Waals surface area contributed by atoms with Crippen molar-refractivity contribution < 1.29 is 10.2 Å². The van der Waals surface area contributed by atoms with Crippen molar-refractivity contribution in [3.05, 3.63) is 0 Å². The maximum Gasteiger partial charge on any atom is 0.0558 e. The summed E-state index contributed by atoms with van der Waals surface area (Å²) < 4.78 is 0. The first-order valence-corrected chi connectivity index (χ1v) is 6.04. The number of hydrogen-bond acceptors (Lipinski definition) is 4. The van der Waals surface area contributed by atoms with Crippen molar-refractivity contribution in [3.63, 3.8) is 0 Å². The second kappa shape index (κ2) is 8.05. The van der Waals surface area contributed by atoms with E-state index in [-0.39, 0.29) is 13.2 Å². The summed E-state index contributed by atoms with van der Waals surface area (Å²) in [5.74, 6) is 0. The molecule has 0 heterocycles. The van der Waals surface area contributed by atoms with E-state index in [0.717, 1.165) is 25.6 Å². The molecule has 0 aromatic carbocycles. The fourth-order valence-electron chi connectivity index (χ4n) is 1.84. The van der Waals surface area contributed by atoms with Gasteiger partial charge in [0, 0.05) is 19.1 Å². The Hall–Kier alpha value is -0.160. The lowest BCUT2D eigenvalue weighted by molar-refractivity contribution is 0.159. The van der Waals surface area contributed by atoms with Crippen LogP contribution in [-0.2, 0) is 0 Å². The number of rotatable bonds is 9. The van der Waals surface area contributed by atoms with Crippen LogP contribution in [-0.4, -0.2) is 60.5 Å². The molecule has 0 radical (unpaired) electrons. The van der Waals surface area contributed by atoms with Gasteiger partial charge in [-0.25, -0.2) is 0 Å². The Labute approximate surface area is 92.3 Å². The first kappa shape index (κ1) is 12.9. The van der Waals surface area contributed by atoms with Crippen molar-refractivity contribution in [1.82, 2.24) is 10.2 Å². The van der Waals surface area contributed by atoms with E-state index in [4.69, 9.17) is 10.2 Å². The summed E-state index contributed by atoms with van der Waals surface area (Å²) >= 11 is 0. The SMILES string of the molecule is OCCN(CCO)CCCNC1CCC1. The molecule has 1 aliphatic carbocycles. The zero-order valence-corrected chi connectivity index (χ0v) is 9.49. The van der Waals surface area contributed by atoms with Gasteiger partial charge >= 0.3 is 0 Å². The normalized spacial score (nSPS) is 17.0. The van der Waals surface area contributed by atoms with Crippen LogP contribution in [0.3, 0.4) is 0 Å². The molecule has 0 amide bonds. The van der Waals surface area contributed by atoms with Gasteiger partial charge in [-0.2, -0.15) is 0 Å². The third-order valence-electron chi connectivity index (χ3n) is 3.02. The zero-order chi connectivity index (χ0) is 10.9. The van der Waals surface area contributed by atoms with Gasteiger partial charge in [0.25, 0.3) is 0 Å². The molecular formula is C11H24N2O2. The van der Waals surface area contributed by atoms with Crippen molar-refractivity contribution in [3.8, 4) is 0 Å². The minimum atomic E-state index is 0.177. The van der Waals surface area contributed by atoms with Gasteiger partial charge in [0.1, 0.15) is 0 Å². The molecule has 15 heavy (non-hydrogen) atoms. The molecule has 1 rings (SSSR count). The summed E-state index contributed by atoms with van der Waals surface area (Å²) in [5, 5.41) is 21.1. The highest BCUT2D eigenvalue weighted by Crippen LogP contribution is 2.17. The fourth-order valence-corrected chi connectivity index (χ4v) is 1.84. The average Bonchev–Trinajstić information content (AvgIpc) is 2.15. The number of nitrogens with one attached hydrogen (secondary N) is 1. The molecule has 3 N–H and O–H groups in total. The largest absolute Gasteiger partial charge is 0.395 e. The summed E-state index contributed by atoms with van der Waals surface area (Å²) in [6.07, 6.45) is 5.13. The Morgan fingerprint density at radius 3 is 2.20 bits per heavy atom. The van der Waals surface area contributed by atoms with Gasteiger partial charge in [0.2, 0.25) is 0 Å². The number of hydrogen-bond donors (Lipinski definition) is 3. The van der Waals surface area contributed by atoms with E-state index in [1.807, 2.05) is 0 Å². The lowest BCUT2D eigenvalue weighted by Crippen LogP contribution is -2.38. The molecule has 0 atom stereocenters. The molecule has 0 spiro atoms. The molecule has 4 heteroatoms. The van der Waals surface area contributed by atoms with Gasteiger partial charge < -0.3 is 15.5 Å². The Balaban J connectivity index is 1.94. The molecule has 1 aliphatic rings. The molecule has 0 aromatic rings. The van der Waals surface area contributed by atoms with Crippen LogP contribution < -0.4 is 5.32 Å². The molecule has 0 bridgehead atoms. The summed E-state index contributed by atoms with van der Waals surface area (Å²) in [6.45, 7) is 3.71. The van der Waals surface area contributed by atoms with Crippen molar-refractivity contribution in [2.75, 3.05) is 39.4 Å². The van der Waals surface area contributed by atoms with Gasteiger partial charge in [-0.15, -0.1) is 0 Å². The molecular weight excluding hydrogens is 192 g/mol. The van der Waals surface area contributed by atoms with E-state index in [1.165, 1.54) is 19.3 Å². The fraction of sp³-hybridized carbons (Fsp3) is 1.00. The van der Waals surface area contributed by atoms with E-state index in [2.05, 4.69) is 10.2 Å². The first-order valence-electron chi connectivity index (χ1n) is 6.04. The molecule has 4 nitrogen and oxygen atoms in total. The van der Waals surface area contributed by atoms with E-state index >= 15 is 0 Å². The lowest BCUT2D eigenvalue weighted by atomic mass is 9.93. The second-order valence-corrected chi connectivity index (χ2v) is 4.22. The predicted molar refractivity (Wildman–Crippen MR) is 60.9 cm³/mol. The van der Waals surface area contributed by atoms with Gasteiger partial charge in [0.15, 0.2) is 0 Å². The highest BCUT2D eigenvalue weighted by atomic mass is 16.3. The maximum absolute atomic E-state index is 8.82. The summed E-state index contributed by atoms with van der Waals surface area (Å²) in [5.41, 5.74) is 0. The van der Waals surface area contributed by atoms with Crippen molar-refractivity contribution in [2.24, 2.45) is 0 Å². The van der Waals surface area contributed by atoms with E-state index in [0.29, 0.717) is 13.1 Å². The molecule has 90 valence electrons. The van der Waals surface area contributed by atoms with Crippen LogP contribution in [0, 0.1) is 0 Å². The highest BCUT2D eigenvalue weighted by Gasteiger charge is 2.15. The van der Waals surface area contributed by atoms with Crippen LogP contribution in [0.4, 0.5) is 0 Å². The first-order chi connectivity index (χ1) is 7.36. The molecule has 0 aromatic heterocycles. The molecule has 1 fully saturated rings. The van der Waals surface area contributed by atoms with Crippen molar-refractivity contribution in [1.29, 1.82) is 0 Å². The lowest BCUT2D eigenvalue weighted by Gasteiger charge is -2.27. The molecule has 0 saturated heterocycles. The van der Waals surface area contributed by atoms with Gasteiger partial charge in [-0.3, -0.25) is 4.90 Å². The van der Waals surface area contributed by atoms with E-state index in [9.17, 15) is 0 Å².